The Morgan fingerprint density at radius 3 is 2.36 bits per heavy atom. The average Bonchev–Trinajstić information content (AvgIpc) is 2.99. The van der Waals surface area contributed by atoms with Crippen LogP contribution in [0.15, 0.2) is 0 Å². The van der Waals surface area contributed by atoms with Crippen molar-refractivity contribution in [2.75, 3.05) is 39.9 Å². The molecule has 0 aromatic rings. The van der Waals surface area contributed by atoms with Crippen LogP contribution in [0.5, 0.6) is 0 Å². The molecule has 2 rings (SSSR count). The molecule has 1 saturated heterocycles. The molecule has 0 atom stereocenters. The minimum absolute atomic E-state index is 0. The Morgan fingerprint density at radius 1 is 1.14 bits per heavy atom. The number of nitrogens with one attached hydrogen (secondary N) is 2. The molecule has 1 saturated carbocycles. The van der Waals surface area contributed by atoms with Gasteiger partial charge in [0.1, 0.15) is 0 Å². The number of carbonyl (C=O) groups is 1. The summed E-state index contributed by atoms with van der Waals surface area (Å²) in [5, 5.41) is 6.22. The molecule has 2 fully saturated rings. The number of ether oxygens (including phenoxy) is 1. The van der Waals surface area contributed by atoms with Crippen LogP contribution >= 0.6 is 24.8 Å². The Balaban J connectivity index is 0.00000220. The van der Waals surface area contributed by atoms with Crippen molar-refractivity contribution in [1.82, 2.24) is 15.5 Å². The van der Waals surface area contributed by atoms with Gasteiger partial charge in [-0.15, -0.1) is 24.8 Å². The Morgan fingerprint density at radius 2 is 1.77 bits per heavy atom. The van der Waals surface area contributed by atoms with Crippen molar-refractivity contribution in [2.45, 2.75) is 50.6 Å². The molecule has 1 heterocycles. The molecule has 5 nitrogen and oxygen atoms in total. The van der Waals surface area contributed by atoms with Gasteiger partial charge in [-0.2, -0.15) is 0 Å². The fourth-order valence-corrected chi connectivity index (χ4v) is 3.33. The van der Waals surface area contributed by atoms with Crippen LogP contribution in [-0.2, 0) is 9.53 Å². The lowest BCUT2D eigenvalue weighted by Crippen LogP contribution is -2.49. The van der Waals surface area contributed by atoms with E-state index in [0.29, 0.717) is 19.2 Å². The van der Waals surface area contributed by atoms with E-state index >= 15 is 0 Å². The zero-order chi connectivity index (χ0) is 14.2. The van der Waals surface area contributed by atoms with E-state index in [1.807, 2.05) is 0 Å². The second kappa shape index (κ2) is 12.4. The van der Waals surface area contributed by atoms with Crippen LogP contribution in [0.4, 0.5) is 0 Å². The molecule has 22 heavy (non-hydrogen) atoms. The Hall–Kier alpha value is -0.0700. The molecular formula is C15H31Cl2N3O2. The average molecular weight is 356 g/mol. The summed E-state index contributed by atoms with van der Waals surface area (Å²) >= 11 is 0. The monoisotopic (exact) mass is 355 g/mol. The van der Waals surface area contributed by atoms with Gasteiger partial charge >= 0.3 is 0 Å². The number of hydrogen-bond donors (Lipinski definition) is 2. The zero-order valence-corrected chi connectivity index (χ0v) is 15.1. The summed E-state index contributed by atoms with van der Waals surface area (Å²) in [6.07, 6.45) is 7.74. The molecule has 0 unspecified atom stereocenters. The Kier molecular flexibility index (Phi) is 12.3. The summed E-state index contributed by atoms with van der Waals surface area (Å²) in [5.74, 6) is 0.111. The third-order valence-corrected chi connectivity index (χ3v) is 4.50. The van der Waals surface area contributed by atoms with Crippen molar-refractivity contribution in [3.63, 3.8) is 0 Å². The molecule has 132 valence electrons. The molecule has 0 radical (unpaired) electrons. The lowest BCUT2D eigenvalue weighted by Gasteiger charge is -2.36. The molecule has 2 aliphatic rings. The molecule has 7 heteroatoms. The van der Waals surface area contributed by atoms with Gasteiger partial charge in [0.25, 0.3) is 0 Å². The number of hydrogen-bond acceptors (Lipinski definition) is 4. The van der Waals surface area contributed by atoms with Gasteiger partial charge in [0.2, 0.25) is 5.91 Å². The number of rotatable bonds is 7. The van der Waals surface area contributed by atoms with Crippen molar-refractivity contribution < 1.29 is 9.53 Å². The molecule has 2 N–H and O–H groups in total. The molecule has 0 bridgehead atoms. The number of halogens is 2. The largest absolute Gasteiger partial charge is 0.383 e. The molecular weight excluding hydrogens is 325 g/mol. The third kappa shape index (κ3) is 7.47. The highest BCUT2D eigenvalue weighted by molar-refractivity contribution is 5.85. The van der Waals surface area contributed by atoms with Gasteiger partial charge in [-0.25, -0.2) is 0 Å². The van der Waals surface area contributed by atoms with Crippen molar-refractivity contribution in [3.05, 3.63) is 0 Å². The van der Waals surface area contributed by atoms with E-state index in [0.717, 1.165) is 38.5 Å². The van der Waals surface area contributed by atoms with Gasteiger partial charge in [0.05, 0.1) is 13.2 Å². The maximum atomic E-state index is 11.8. The number of carbonyl (C=O) groups excluding carboxylic acids is 1. The summed E-state index contributed by atoms with van der Waals surface area (Å²) in [6.45, 7) is 4.06. The first kappa shape index (κ1) is 21.9. The van der Waals surface area contributed by atoms with Crippen LogP contribution < -0.4 is 10.6 Å². The van der Waals surface area contributed by atoms with E-state index in [4.69, 9.17) is 4.74 Å². The third-order valence-electron chi connectivity index (χ3n) is 4.50. The predicted molar refractivity (Wildman–Crippen MR) is 94.2 cm³/mol. The van der Waals surface area contributed by atoms with Gasteiger partial charge in [-0.3, -0.25) is 4.79 Å². The minimum Gasteiger partial charge on any atom is -0.383 e. The normalized spacial score (nSPS) is 20.2. The molecule has 0 spiro atoms. The molecule has 1 aliphatic heterocycles. The van der Waals surface area contributed by atoms with E-state index < -0.39 is 0 Å². The summed E-state index contributed by atoms with van der Waals surface area (Å²) < 4.78 is 4.93. The molecule has 0 aromatic carbocycles. The molecule has 0 aromatic heterocycles. The van der Waals surface area contributed by atoms with Crippen LogP contribution in [0, 0.1) is 0 Å². The quantitative estimate of drug-likeness (QED) is 0.681. The highest BCUT2D eigenvalue weighted by Crippen LogP contribution is 2.26. The first-order chi connectivity index (χ1) is 9.79. The first-order valence-electron chi connectivity index (χ1n) is 8.02. The van der Waals surface area contributed by atoms with Crippen molar-refractivity contribution >= 4 is 30.7 Å². The zero-order valence-electron chi connectivity index (χ0n) is 13.5. The second-order valence-corrected chi connectivity index (χ2v) is 5.99. The van der Waals surface area contributed by atoms with E-state index in [1.165, 1.54) is 25.7 Å². The van der Waals surface area contributed by atoms with Gasteiger partial charge < -0.3 is 20.3 Å². The van der Waals surface area contributed by atoms with Crippen LogP contribution in [0.1, 0.15) is 38.5 Å². The van der Waals surface area contributed by atoms with Crippen molar-refractivity contribution in [1.29, 1.82) is 0 Å². The summed E-state index contributed by atoms with van der Waals surface area (Å²) in [4.78, 5) is 14.4. The van der Waals surface area contributed by atoms with Crippen molar-refractivity contribution in [3.8, 4) is 0 Å². The predicted octanol–water partition coefficient (Wildman–Crippen LogP) is 1.59. The topological polar surface area (TPSA) is 53.6 Å². The highest BCUT2D eigenvalue weighted by atomic mass is 35.5. The van der Waals surface area contributed by atoms with Gasteiger partial charge in [0, 0.05) is 38.8 Å². The molecule has 1 amide bonds. The van der Waals surface area contributed by atoms with E-state index in [2.05, 4.69) is 15.5 Å². The van der Waals surface area contributed by atoms with E-state index in [9.17, 15) is 4.79 Å². The maximum absolute atomic E-state index is 11.8. The maximum Gasteiger partial charge on any atom is 0.234 e. The van der Waals surface area contributed by atoms with Crippen LogP contribution in [0.2, 0.25) is 0 Å². The van der Waals surface area contributed by atoms with Crippen LogP contribution in [0.25, 0.3) is 0 Å². The standard InChI is InChI=1S/C15H29N3O2.2ClH/c1-20-11-8-16-12-15(19)17-13-6-9-18(10-7-13)14-4-2-3-5-14;;/h13-14,16H,2-12H2,1H3,(H,17,19);2*1H. The summed E-state index contributed by atoms with van der Waals surface area (Å²) in [7, 11) is 1.67. The second-order valence-electron chi connectivity index (χ2n) is 5.99. The van der Waals surface area contributed by atoms with E-state index in [-0.39, 0.29) is 30.7 Å². The number of amides is 1. The smallest absolute Gasteiger partial charge is 0.234 e. The fourth-order valence-electron chi connectivity index (χ4n) is 3.33. The SMILES string of the molecule is COCCNCC(=O)NC1CCN(C2CCCC2)CC1.Cl.Cl. The minimum atomic E-state index is 0. The van der Waals surface area contributed by atoms with E-state index in [1.54, 1.807) is 7.11 Å². The summed E-state index contributed by atoms with van der Waals surface area (Å²) in [6, 6.07) is 1.19. The van der Waals surface area contributed by atoms with Gasteiger partial charge in [-0.05, 0) is 25.7 Å². The lowest BCUT2D eigenvalue weighted by atomic mass is 10.0. The Labute approximate surface area is 146 Å². The van der Waals surface area contributed by atoms with Crippen LogP contribution in [-0.4, -0.2) is 62.8 Å². The number of methoxy groups -OCH3 is 1. The fraction of sp³-hybridized carbons (Fsp3) is 0.933. The first-order valence-corrected chi connectivity index (χ1v) is 8.02. The van der Waals surface area contributed by atoms with Gasteiger partial charge in [-0.1, -0.05) is 12.8 Å². The highest BCUT2D eigenvalue weighted by Gasteiger charge is 2.27. The molecule has 1 aliphatic carbocycles. The summed E-state index contributed by atoms with van der Waals surface area (Å²) in [5.41, 5.74) is 0. The number of piperidine rings is 1. The number of likely N-dealkylation sites (tertiary alicyclic amines) is 1. The lowest BCUT2D eigenvalue weighted by molar-refractivity contribution is -0.121. The Bertz CT molecular complexity index is 295. The van der Waals surface area contributed by atoms with Crippen LogP contribution in [0.3, 0.4) is 0 Å². The number of nitrogens with zero attached hydrogens (tertiary/aromatic N) is 1. The van der Waals surface area contributed by atoms with Gasteiger partial charge in [0.15, 0.2) is 0 Å². The van der Waals surface area contributed by atoms with Crippen molar-refractivity contribution in [2.24, 2.45) is 0 Å².